The largest absolute Gasteiger partial charge is 0.361 e. The van der Waals surface area contributed by atoms with Crippen LogP contribution in [0.4, 0.5) is 0 Å². The Kier molecular flexibility index (Phi) is 4.81. The lowest BCUT2D eigenvalue weighted by Crippen LogP contribution is -2.22. The van der Waals surface area contributed by atoms with E-state index in [4.69, 9.17) is 0 Å². The van der Waals surface area contributed by atoms with Crippen molar-refractivity contribution in [2.24, 2.45) is 0 Å². The summed E-state index contributed by atoms with van der Waals surface area (Å²) in [5.74, 6) is 2.80. The van der Waals surface area contributed by atoms with Gasteiger partial charge in [-0.05, 0) is 64.3 Å². The molecule has 1 unspecified atom stereocenters. The molecule has 0 spiro atoms. The Morgan fingerprint density at radius 1 is 1.23 bits per heavy atom. The van der Waals surface area contributed by atoms with Gasteiger partial charge in [-0.1, -0.05) is 18.2 Å². The van der Waals surface area contributed by atoms with E-state index in [0.29, 0.717) is 12.0 Å². The van der Waals surface area contributed by atoms with Gasteiger partial charge in [0.05, 0.1) is 0 Å². The minimum Gasteiger partial charge on any atom is -0.361 e. The molecule has 2 aromatic heterocycles. The van der Waals surface area contributed by atoms with Gasteiger partial charge in [0.2, 0.25) is 0 Å². The van der Waals surface area contributed by atoms with Crippen molar-refractivity contribution in [3.63, 3.8) is 0 Å². The van der Waals surface area contributed by atoms with E-state index in [0.717, 1.165) is 37.6 Å². The van der Waals surface area contributed by atoms with Crippen molar-refractivity contribution in [2.45, 2.75) is 52.0 Å². The normalized spacial score (nSPS) is 18.4. The highest BCUT2D eigenvalue weighted by Crippen LogP contribution is 2.32. The summed E-state index contributed by atoms with van der Waals surface area (Å²) in [7, 11) is 0. The number of rotatable bonds is 6. The van der Waals surface area contributed by atoms with E-state index in [1.807, 2.05) is 6.92 Å². The van der Waals surface area contributed by atoms with E-state index >= 15 is 0 Å². The van der Waals surface area contributed by atoms with E-state index < -0.39 is 0 Å². The number of fused-ring (bicyclic) bond motifs is 1. The SMILES string of the molecule is Cc1nnc(CCCN2CCC(c3c[nH]c4ccccc34)C2)n1C(C)C. The van der Waals surface area contributed by atoms with Crippen LogP contribution in [-0.4, -0.2) is 44.3 Å². The molecule has 0 amide bonds. The Labute approximate surface area is 155 Å². The van der Waals surface area contributed by atoms with Gasteiger partial charge in [0.15, 0.2) is 0 Å². The lowest BCUT2D eigenvalue weighted by Gasteiger charge is -2.17. The lowest BCUT2D eigenvalue weighted by atomic mass is 9.98. The van der Waals surface area contributed by atoms with Crippen molar-refractivity contribution in [3.05, 3.63) is 47.7 Å². The van der Waals surface area contributed by atoms with Gasteiger partial charge in [0.25, 0.3) is 0 Å². The van der Waals surface area contributed by atoms with Crippen LogP contribution in [0.15, 0.2) is 30.5 Å². The number of benzene rings is 1. The molecule has 4 rings (SSSR count). The van der Waals surface area contributed by atoms with Gasteiger partial charge in [0, 0.05) is 36.1 Å². The van der Waals surface area contributed by atoms with Gasteiger partial charge in [-0.2, -0.15) is 0 Å². The summed E-state index contributed by atoms with van der Waals surface area (Å²) in [6, 6.07) is 9.07. The second-order valence-electron chi connectivity index (χ2n) is 7.81. The molecular weight excluding hydrogens is 322 g/mol. The third kappa shape index (κ3) is 3.28. The van der Waals surface area contributed by atoms with Crippen LogP contribution in [0, 0.1) is 6.92 Å². The number of para-hydroxylation sites is 1. The Hall–Kier alpha value is -2.14. The van der Waals surface area contributed by atoms with Crippen LogP contribution in [0.1, 0.15) is 55.9 Å². The fourth-order valence-electron chi connectivity index (χ4n) is 4.44. The molecule has 3 heterocycles. The molecule has 1 atom stereocenters. The van der Waals surface area contributed by atoms with Crippen molar-refractivity contribution in [2.75, 3.05) is 19.6 Å². The predicted molar refractivity (Wildman–Crippen MR) is 106 cm³/mol. The topological polar surface area (TPSA) is 49.7 Å². The summed E-state index contributed by atoms with van der Waals surface area (Å²) in [5.41, 5.74) is 2.74. The average Bonchev–Trinajstić information content (AvgIpc) is 3.33. The van der Waals surface area contributed by atoms with Gasteiger partial charge in [0.1, 0.15) is 11.6 Å². The first-order valence-electron chi connectivity index (χ1n) is 9.82. The number of hydrogen-bond acceptors (Lipinski definition) is 3. The number of likely N-dealkylation sites (tertiary alicyclic amines) is 1. The molecule has 0 aliphatic carbocycles. The van der Waals surface area contributed by atoms with Crippen LogP contribution in [0.5, 0.6) is 0 Å². The van der Waals surface area contributed by atoms with Crippen molar-refractivity contribution >= 4 is 10.9 Å². The molecule has 1 fully saturated rings. The van der Waals surface area contributed by atoms with Gasteiger partial charge in [-0.3, -0.25) is 0 Å². The number of aromatic amines is 1. The minimum absolute atomic E-state index is 0.429. The molecule has 5 heteroatoms. The predicted octanol–water partition coefficient (Wildman–Crippen LogP) is 4.07. The fourth-order valence-corrected chi connectivity index (χ4v) is 4.44. The first-order valence-corrected chi connectivity index (χ1v) is 9.82. The van der Waals surface area contributed by atoms with Crippen LogP contribution >= 0.6 is 0 Å². The summed E-state index contributed by atoms with van der Waals surface area (Å²) in [5, 5.41) is 10.0. The Morgan fingerprint density at radius 2 is 2.08 bits per heavy atom. The van der Waals surface area contributed by atoms with Crippen LogP contribution < -0.4 is 0 Å². The second-order valence-corrected chi connectivity index (χ2v) is 7.81. The molecule has 0 saturated carbocycles. The molecule has 3 aromatic rings. The van der Waals surface area contributed by atoms with Gasteiger partial charge < -0.3 is 14.5 Å². The quantitative estimate of drug-likeness (QED) is 0.728. The summed E-state index contributed by atoms with van der Waals surface area (Å²) in [6.45, 7) is 9.95. The van der Waals surface area contributed by atoms with Crippen molar-refractivity contribution in [1.82, 2.24) is 24.6 Å². The second kappa shape index (κ2) is 7.23. The third-order valence-electron chi connectivity index (χ3n) is 5.66. The molecular formula is C21H29N5. The van der Waals surface area contributed by atoms with Crippen molar-refractivity contribution in [3.8, 4) is 0 Å². The number of hydrogen-bond donors (Lipinski definition) is 1. The van der Waals surface area contributed by atoms with Crippen LogP contribution in [0.25, 0.3) is 10.9 Å². The van der Waals surface area contributed by atoms with Crippen LogP contribution in [-0.2, 0) is 6.42 Å². The van der Waals surface area contributed by atoms with Crippen LogP contribution in [0.2, 0.25) is 0 Å². The average molecular weight is 351 g/mol. The number of nitrogens with one attached hydrogen (secondary N) is 1. The van der Waals surface area contributed by atoms with E-state index in [-0.39, 0.29) is 0 Å². The molecule has 5 nitrogen and oxygen atoms in total. The van der Waals surface area contributed by atoms with E-state index in [9.17, 15) is 0 Å². The highest BCUT2D eigenvalue weighted by molar-refractivity contribution is 5.83. The number of aromatic nitrogens is 4. The standard InChI is InChI=1S/C21H29N5/c1-15(2)26-16(3)23-24-21(26)9-6-11-25-12-10-17(14-25)19-13-22-20-8-5-4-7-18(19)20/h4-5,7-8,13,15,17,22H,6,9-12,14H2,1-3H3. The summed E-state index contributed by atoms with van der Waals surface area (Å²) < 4.78 is 2.26. The Balaban J connectivity index is 1.34. The maximum Gasteiger partial charge on any atom is 0.133 e. The summed E-state index contributed by atoms with van der Waals surface area (Å²) >= 11 is 0. The van der Waals surface area contributed by atoms with E-state index in [1.54, 1.807) is 0 Å². The molecule has 138 valence electrons. The summed E-state index contributed by atoms with van der Waals surface area (Å²) in [6.07, 6.45) is 5.62. The van der Waals surface area contributed by atoms with E-state index in [2.05, 4.69) is 69.0 Å². The van der Waals surface area contributed by atoms with Crippen molar-refractivity contribution in [1.29, 1.82) is 0 Å². The zero-order valence-electron chi connectivity index (χ0n) is 16.1. The highest BCUT2D eigenvalue weighted by Gasteiger charge is 2.25. The molecule has 0 radical (unpaired) electrons. The number of aryl methyl sites for hydroxylation is 2. The smallest absolute Gasteiger partial charge is 0.133 e. The highest BCUT2D eigenvalue weighted by atomic mass is 15.3. The molecule has 1 aromatic carbocycles. The molecule has 1 N–H and O–H groups in total. The monoisotopic (exact) mass is 351 g/mol. The Bertz CT molecular complexity index is 876. The van der Waals surface area contributed by atoms with Gasteiger partial charge in [-0.25, -0.2) is 0 Å². The van der Waals surface area contributed by atoms with Gasteiger partial charge in [-0.15, -0.1) is 10.2 Å². The zero-order chi connectivity index (χ0) is 18.1. The molecule has 1 aliphatic heterocycles. The summed E-state index contributed by atoms with van der Waals surface area (Å²) in [4.78, 5) is 6.03. The molecule has 1 aliphatic rings. The van der Waals surface area contributed by atoms with Crippen molar-refractivity contribution < 1.29 is 0 Å². The molecule has 1 saturated heterocycles. The fraction of sp³-hybridized carbons (Fsp3) is 0.524. The zero-order valence-corrected chi connectivity index (χ0v) is 16.1. The number of nitrogens with zero attached hydrogens (tertiary/aromatic N) is 4. The first-order chi connectivity index (χ1) is 12.6. The Morgan fingerprint density at radius 3 is 2.92 bits per heavy atom. The minimum atomic E-state index is 0.429. The van der Waals surface area contributed by atoms with E-state index in [1.165, 1.54) is 29.4 Å². The maximum atomic E-state index is 4.38. The lowest BCUT2D eigenvalue weighted by molar-refractivity contribution is 0.327. The van der Waals surface area contributed by atoms with Crippen LogP contribution in [0.3, 0.4) is 0 Å². The maximum absolute atomic E-state index is 4.38. The molecule has 26 heavy (non-hydrogen) atoms. The molecule has 0 bridgehead atoms. The third-order valence-corrected chi connectivity index (χ3v) is 5.66. The van der Waals surface area contributed by atoms with Gasteiger partial charge >= 0.3 is 0 Å². The first kappa shape index (κ1) is 17.3. The number of H-pyrrole nitrogens is 1.